The van der Waals surface area contributed by atoms with E-state index in [0.717, 1.165) is 0 Å². The van der Waals surface area contributed by atoms with Gasteiger partial charge in [-0.2, -0.15) is 0 Å². The molecule has 5 heteroatoms. The lowest BCUT2D eigenvalue weighted by Gasteiger charge is -2.03. The molecule has 0 N–H and O–H groups in total. The summed E-state index contributed by atoms with van der Waals surface area (Å²) in [5.74, 6) is -2.22. The second-order valence-electron chi connectivity index (χ2n) is 2.62. The van der Waals surface area contributed by atoms with Crippen LogP contribution in [0.25, 0.3) is 0 Å². The molecule has 1 fully saturated rings. The van der Waals surface area contributed by atoms with E-state index in [9.17, 15) is 14.1 Å². The van der Waals surface area contributed by atoms with Crippen LogP contribution in [-0.4, -0.2) is 16.9 Å². The Morgan fingerprint density at radius 1 is 1.27 bits per heavy atom. The molecule has 0 radical (unpaired) electrons. The van der Waals surface area contributed by atoms with E-state index in [-0.39, 0.29) is 5.06 Å². The van der Waals surface area contributed by atoms with Gasteiger partial charge in [0.2, 0.25) is 0 Å². The van der Waals surface area contributed by atoms with Crippen LogP contribution in [0.5, 0.6) is 0 Å². The van der Waals surface area contributed by atoms with Crippen LogP contribution >= 0.6 is 0 Å². The smallest absolute Gasteiger partial charge is 0.260 e. The minimum atomic E-state index is -0.620. The molecule has 11 heavy (non-hydrogen) atoms. The van der Waals surface area contributed by atoms with E-state index in [1.807, 2.05) is 0 Å². The fourth-order valence-corrected chi connectivity index (χ4v) is 0.974. The quantitative estimate of drug-likeness (QED) is 0.524. The molecule has 2 amide bonds. The number of halogens is 1. The third kappa shape index (κ3) is 1.01. The number of hydrogen-bond acceptors (Lipinski definition) is 3. The molecule has 0 aliphatic carbocycles. The van der Waals surface area contributed by atoms with E-state index >= 15 is 0 Å². The molecule has 2 unspecified atom stereocenters. The predicted molar refractivity (Wildman–Crippen MR) is 32.4 cm³/mol. The summed E-state index contributed by atoms with van der Waals surface area (Å²) < 4.78 is 11.5. The Bertz CT molecular complexity index is 186. The second-order valence-corrected chi connectivity index (χ2v) is 2.62. The van der Waals surface area contributed by atoms with Crippen LogP contribution in [0.3, 0.4) is 0 Å². The number of carbonyl (C=O) groups is 2. The summed E-state index contributed by atoms with van der Waals surface area (Å²) in [5, 5.41) is 3.27. The molecule has 1 aliphatic rings. The Kier molecular flexibility index (Phi) is 1.90. The van der Waals surface area contributed by atoms with E-state index in [2.05, 4.69) is 5.04 Å². The maximum Gasteiger partial charge on any atom is 0.260 e. The number of hydroxylamine groups is 2. The van der Waals surface area contributed by atoms with Crippen molar-refractivity contribution in [2.24, 2.45) is 11.8 Å². The molecule has 1 heterocycles. The molecular weight excluding hydrogens is 153 g/mol. The SMILES string of the molecule is CC1C(=O)N(OF)C(=O)C1C. The Morgan fingerprint density at radius 3 is 1.82 bits per heavy atom. The van der Waals surface area contributed by atoms with Crippen LogP contribution in [0.4, 0.5) is 4.53 Å². The monoisotopic (exact) mass is 161 g/mol. The van der Waals surface area contributed by atoms with Gasteiger partial charge in [-0.15, -0.1) is 5.06 Å². The average Bonchev–Trinajstić information content (AvgIpc) is 2.17. The van der Waals surface area contributed by atoms with Crippen molar-refractivity contribution >= 4 is 11.8 Å². The fourth-order valence-electron chi connectivity index (χ4n) is 0.974. The predicted octanol–water partition coefficient (Wildman–Crippen LogP) is 0.444. The first-order chi connectivity index (χ1) is 5.09. The van der Waals surface area contributed by atoms with Crippen LogP contribution in [0.15, 0.2) is 0 Å². The molecule has 0 bridgehead atoms. The highest BCUT2D eigenvalue weighted by Gasteiger charge is 2.44. The van der Waals surface area contributed by atoms with Crippen molar-refractivity contribution in [2.75, 3.05) is 0 Å². The van der Waals surface area contributed by atoms with Gasteiger partial charge in [0.1, 0.15) is 0 Å². The molecule has 0 spiro atoms. The van der Waals surface area contributed by atoms with Crippen molar-refractivity contribution in [3.63, 3.8) is 0 Å². The number of imide groups is 1. The van der Waals surface area contributed by atoms with Gasteiger partial charge in [-0.25, -0.2) is 0 Å². The summed E-state index contributed by atoms with van der Waals surface area (Å²) in [6.45, 7) is 3.12. The Morgan fingerprint density at radius 2 is 1.64 bits per heavy atom. The standard InChI is InChI=1S/C6H8FNO3/c1-3-4(2)6(10)8(11-7)5(3)9/h3-4H,1-2H3. The Hall–Kier alpha value is -0.970. The van der Waals surface area contributed by atoms with Gasteiger partial charge in [-0.1, -0.05) is 18.9 Å². The number of hydrogen-bond donors (Lipinski definition) is 0. The lowest BCUT2D eigenvalue weighted by molar-refractivity contribution is -0.289. The molecular formula is C6H8FNO3. The molecule has 0 aromatic carbocycles. The molecule has 2 atom stereocenters. The third-order valence-electron chi connectivity index (χ3n) is 2.00. The van der Waals surface area contributed by atoms with Gasteiger partial charge < -0.3 is 0 Å². The summed E-state index contributed by atoms with van der Waals surface area (Å²) >= 11 is 0. The zero-order chi connectivity index (χ0) is 8.59. The summed E-state index contributed by atoms with van der Waals surface area (Å²) in [6, 6.07) is 0. The van der Waals surface area contributed by atoms with Gasteiger partial charge in [0, 0.05) is 11.8 Å². The molecule has 1 rings (SSSR count). The van der Waals surface area contributed by atoms with Crippen LogP contribution in [0, 0.1) is 11.8 Å². The van der Waals surface area contributed by atoms with E-state index in [1.54, 1.807) is 13.8 Å². The molecule has 62 valence electrons. The molecule has 0 saturated carbocycles. The first kappa shape index (κ1) is 8.13. The third-order valence-corrected chi connectivity index (χ3v) is 2.00. The summed E-state index contributed by atoms with van der Waals surface area (Å²) in [4.78, 5) is 21.8. The number of nitrogens with zero attached hydrogens (tertiary/aromatic N) is 1. The zero-order valence-electron chi connectivity index (χ0n) is 6.20. The minimum absolute atomic E-state index is 0.162. The van der Waals surface area contributed by atoms with Gasteiger partial charge in [-0.3, -0.25) is 9.59 Å². The molecule has 1 saturated heterocycles. The summed E-state index contributed by atoms with van der Waals surface area (Å²) in [7, 11) is 0. The maximum atomic E-state index is 11.5. The van der Waals surface area contributed by atoms with Gasteiger partial charge >= 0.3 is 0 Å². The van der Waals surface area contributed by atoms with Crippen molar-refractivity contribution in [1.29, 1.82) is 0 Å². The van der Waals surface area contributed by atoms with Crippen LogP contribution in [0.1, 0.15) is 13.8 Å². The van der Waals surface area contributed by atoms with E-state index in [1.165, 1.54) is 0 Å². The van der Waals surface area contributed by atoms with Gasteiger partial charge in [0.15, 0.2) is 0 Å². The zero-order valence-corrected chi connectivity index (χ0v) is 6.20. The van der Waals surface area contributed by atoms with Crippen LogP contribution in [0.2, 0.25) is 0 Å². The summed E-state index contributed by atoms with van der Waals surface area (Å²) in [5.41, 5.74) is 0. The molecule has 0 aromatic rings. The van der Waals surface area contributed by atoms with Crippen molar-refractivity contribution in [1.82, 2.24) is 5.06 Å². The van der Waals surface area contributed by atoms with Gasteiger partial charge in [0.05, 0.1) is 0 Å². The number of carbonyl (C=O) groups excluding carboxylic acids is 2. The second kappa shape index (κ2) is 2.58. The van der Waals surface area contributed by atoms with Crippen molar-refractivity contribution in [2.45, 2.75) is 13.8 Å². The largest absolute Gasteiger partial charge is 0.272 e. The number of amides is 2. The minimum Gasteiger partial charge on any atom is -0.272 e. The first-order valence-corrected chi connectivity index (χ1v) is 3.26. The van der Waals surface area contributed by atoms with E-state index < -0.39 is 23.7 Å². The maximum absolute atomic E-state index is 11.5. The molecule has 0 aromatic heterocycles. The van der Waals surface area contributed by atoms with E-state index in [0.29, 0.717) is 0 Å². The Balaban J connectivity index is 2.86. The fraction of sp³-hybridized carbons (Fsp3) is 0.667. The number of rotatable bonds is 1. The van der Waals surface area contributed by atoms with Crippen molar-refractivity contribution < 1.29 is 19.2 Å². The average molecular weight is 161 g/mol. The first-order valence-electron chi connectivity index (χ1n) is 3.26. The lowest BCUT2D eigenvalue weighted by Crippen LogP contribution is -2.28. The van der Waals surface area contributed by atoms with Gasteiger partial charge in [-0.05, 0) is 4.53 Å². The van der Waals surface area contributed by atoms with Crippen molar-refractivity contribution in [3.8, 4) is 0 Å². The van der Waals surface area contributed by atoms with E-state index in [4.69, 9.17) is 0 Å². The Labute approximate surface area is 62.8 Å². The van der Waals surface area contributed by atoms with Gasteiger partial charge in [0.25, 0.3) is 11.8 Å². The molecule has 1 aliphatic heterocycles. The van der Waals surface area contributed by atoms with Crippen molar-refractivity contribution in [3.05, 3.63) is 0 Å². The van der Waals surface area contributed by atoms with Crippen LogP contribution in [-0.2, 0) is 14.6 Å². The normalized spacial score (nSPS) is 31.7. The lowest BCUT2D eigenvalue weighted by atomic mass is 10.00. The highest BCUT2D eigenvalue weighted by Crippen LogP contribution is 2.25. The topological polar surface area (TPSA) is 46.6 Å². The summed E-state index contributed by atoms with van der Waals surface area (Å²) in [6.07, 6.45) is 0. The highest BCUT2D eigenvalue weighted by molar-refractivity contribution is 6.03. The highest BCUT2D eigenvalue weighted by atomic mass is 19.3. The molecule has 4 nitrogen and oxygen atoms in total. The van der Waals surface area contributed by atoms with Crippen LogP contribution < -0.4 is 0 Å².